The van der Waals surface area contributed by atoms with E-state index in [1.165, 1.54) is 0 Å². The largest absolute Gasteiger partial charge is 0.481 e. The molecule has 17 heavy (non-hydrogen) atoms. The van der Waals surface area contributed by atoms with E-state index in [4.69, 9.17) is 5.11 Å². The minimum atomic E-state index is -0.788. The number of rotatable bonds is 5. The molecule has 2 rings (SSSR count). The molecule has 0 aliphatic heterocycles. The van der Waals surface area contributed by atoms with Gasteiger partial charge in [0.25, 0.3) is 0 Å². The van der Waals surface area contributed by atoms with Crippen LogP contribution in [0, 0.1) is 0 Å². The van der Waals surface area contributed by atoms with Crippen LogP contribution in [-0.4, -0.2) is 32.6 Å². The summed E-state index contributed by atoms with van der Waals surface area (Å²) in [5.74, 6) is -0.104. The Morgan fingerprint density at radius 2 is 2.12 bits per heavy atom. The van der Waals surface area contributed by atoms with Gasteiger partial charge in [0.2, 0.25) is 0 Å². The van der Waals surface area contributed by atoms with Crippen molar-refractivity contribution in [3.63, 3.8) is 0 Å². The summed E-state index contributed by atoms with van der Waals surface area (Å²) in [5.41, 5.74) is 1.32. The zero-order chi connectivity index (χ0) is 12.1. The molecular weight excluding hydrogens is 220 g/mol. The minimum Gasteiger partial charge on any atom is -0.481 e. The lowest BCUT2D eigenvalue weighted by Gasteiger charge is -2.04. The quantitative estimate of drug-likeness (QED) is 0.755. The summed E-state index contributed by atoms with van der Waals surface area (Å²) in [6.07, 6.45) is 3.92. The number of nitrogens with one attached hydrogen (secondary N) is 1. The first-order chi connectivity index (χ1) is 8.25. The Kier molecular flexibility index (Phi) is 3.44. The van der Waals surface area contributed by atoms with E-state index in [1.54, 1.807) is 18.5 Å². The van der Waals surface area contributed by atoms with E-state index >= 15 is 0 Å². The van der Waals surface area contributed by atoms with E-state index in [0.29, 0.717) is 24.4 Å². The van der Waals surface area contributed by atoms with Crippen LogP contribution in [0.15, 0.2) is 24.5 Å². The molecule has 0 aromatic carbocycles. The van der Waals surface area contributed by atoms with Crippen molar-refractivity contribution in [1.29, 1.82) is 0 Å². The summed E-state index contributed by atoms with van der Waals surface area (Å²) < 4.78 is 0. The number of aliphatic carboxylic acids is 1. The molecule has 6 nitrogen and oxygen atoms in total. The van der Waals surface area contributed by atoms with E-state index in [-0.39, 0.29) is 6.42 Å². The fourth-order valence-corrected chi connectivity index (χ4v) is 1.41. The van der Waals surface area contributed by atoms with E-state index in [1.807, 2.05) is 6.07 Å². The van der Waals surface area contributed by atoms with Crippen LogP contribution >= 0.6 is 0 Å². The fraction of sp³-hybridized carbons (Fsp3) is 0.273. The lowest BCUT2D eigenvalue weighted by molar-refractivity contribution is -0.137. The van der Waals surface area contributed by atoms with Gasteiger partial charge in [0, 0.05) is 25.4 Å². The van der Waals surface area contributed by atoms with Crippen molar-refractivity contribution in [3.8, 4) is 0 Å². The van der Waals surface area contributed by atoms with E-state index in [0.717, 1.165) is 5.52 Å². The smallest absolute Gasteiger partial charge is 0.303 e. The molecule has 0 bridgehead atoms. The maximum absolute atomic E-state index is 10.3. The van der Waals surface area contributed by atoms with Gasteiger partial charge >= 0.3 is 5.97 Å². The van der Waals surface area contributed by atoms with E-state index in [9.17, 15) is 4.79 Å². The lowest BCUT2D eigenvalue weighted by Crippen LogP contribution is -2.06. The topological polar surface area (TPSA) is 88.0 Å². The molecule has 0 saturated carbocycles. The van der Waals surface area contributed by atoms with Crippen molar-refractivity contribution in [3.05, 3.63) is 24.5 Å². The first kappa shape index (κ1) is 11.3. The Morgan fingerprint density at radius 1 is 1.29 bits per heavy atom. The molecule has 0 unspecified atom stereocenters. The summed E-state index contributed by atoms with van der Waals surface area (Å²) in [4.78, 5) is 22.8. The van der Waals surface area contributed by atoms with Crippen LogP contribution < -0.4 is 5.32 Å². The van der Waals surface area contributed by atoms with Gasteiger partial charge in [0.15, 0.2) is 5.65 Å². The van der Waals surface area contributed by atoms with Crippen LogP contribution in [0.3, 0.4) is 0 Å². The fourth-order valence-electron chi connectivity index (χ4n) is 1.41. The lowest BCUT2D eigenvalue weighted by atomic mass is 10.3. The van der Waals surface area contributed by atoms with Gasteiger partial charge in [-0.1, -0.05) is 0 Å². The predicted molar refractivity (Wildman–Crippen MR) is 62.7 cm³/mol. The number of aromatic nitrogens is 3. The number of carboxylic acid groups (broad SMARTS) is 1. The van der Waals surface area contributed by atoms with Crippen molar-refractivity contribution in [2.24, 2.45) is 0 Å². The number of nitrogens with zero attached hydrogens (tertiary/aromatic N) is 3. The maximum Gasteiger partial charge on any atom is 0.303 e. The third-order valence-electron chi connectivity index (χ3n) is 2.21. The number of anilines is 1. The summed E-state index contributed by atoms with van der Waals surface area (Å²) in [5, 5.41) is 11.5. The van der Waals surface area contributed by atoms with Crippen LogP contribution in [0.4, 0.5) is 5.82 Å². The van der Waals surface area contributed by atoms with Crippen LogP contribution in [-0.2, 0) is 4.79 Å². The Morgan fingerprint density at radius 3 is 2.94 bits per heavy atom. The molecular formula is C11H12N4O2. The molecule has 6 heteroatoms. The standard InChI is InChI=1S/C11H12N4O2/c16-10(17)2-1-5-13-9-4-3-8-11(15-9)14-7-6-12-8/h3-4,6-7H,1-2,5H2,(H,16,17)(H,13,14,15). The van der Waals surface area contributed by atoms with Crippen molar-refractivity contribution in [2.75, 3.05) is 11.9 Å². The molecule has 88 valence electrons. The second kappa shape index (κ2) is 5.20. The third-order valence-corrected chi connectivity index (χ3v) is 2.21. The predicted octanol–water partition coefficient (Wildman–Crippen LogP) is 1.30. The molecule has 0 aliphatic rings. The average molecular weight is 232 g/mol. The highest BCUT2D eigenvalue weighted by molar-refractivity contribution is 5.71. The number of fused-ring (bicyclic) bond motifs is 1. The van der Waals surface area contributed by atoms with E-state index in [2.05, 4.69) is 20.3 Å². The van der Waals surface area contributed by atoms with E-state index < -0.39 is 5.97 Å². The third kappa shape index (κ3) is 3.10. The molecule has 2 heterocycles. The molecule has 2 N–H and O–H groups in total. The number of pyridine rings is 1. The zero-order valence-corrected chi connectivity index (χ0v) is 9.13. The molecule has 0 amide bonds. The number of carboxylic acids is 1. The van der Waals surface area contributed by atoms with Crippen molar-refractivity contribution in [1.82, 2.24) is 15.0 Å². The summed E-state index contributed by atoms with van der Waals surface area (Å²) in [6, 6.07) is 3.63. The molecule has 0 aliphatic carbocycles. The van der Waals surface area contributed by atoms with Crippen LogP contribution in [0.2, 0.25) is 0 Å². The Labute approximate surface area is 97.7 Å². The second-order valence-corrected chi connectivity index (χ2v) is 3.52. The zero-order valence-electron chi connectivity index (χ0n) is 9.13. The van der Waals surface area contributed by atoms with Crippen molar-refractivity contribution >= 4 is 23.0 Å². The molecule has 2 aromatic rings. The van der Waals surface area contributed by atoms with Gasteiger partial charge in [0.05, 0.1) is 0 Å². The SMILES string of the molecule is O=C(O)CCCNc1ccc2nccnc2n1. The monoisotopic (exact) mass is 232 g/mol. The molecule has 0 atom stereocenters. The molecule has 0 fully saturated rings. The summed E-state index contributed by atoms with van der Waals surface area (Å²) in [7, 11) is 0. The molecule has 0 spiro atoms. The van der Waals surface area contributed by atoms with Crippen LogP contribution in [0.25, 0.3) is 11.2 Å². The van der Waals surface area contributed by atoms with Gasteiger partial charge in [-0.2, -0.15) is 0 Å². The number of hydrogen-bond acceptors (Lipinski definition) is 5. The summed E-state index contributed by atoms with van der Waals surface area (Å²) in [6.45, 7) is 0.574. The van der Waals surface area contributed by atoms with Crippen LogP contribution in [0.1, 0.15) is 12.8 Å². The highest BCUT2D eigenvalue weighted by atomic mass is 16.4. The highest BCUT2D eigenvalue weighted by Crippen LogP contribution is 2.09. The van der Waals surface area contributed by atoms with Gasteiger partial charge in [0.1, 0.15) is 11.3 Å². The number of hydrogen-bond donors (Lipinski definition) is 2. The van der Waals surface area contributed by atoms with Gasteiger partial charge in [-0.05, 0) is 18.6 Å². The van der Waals surface area contributed by atoms with Gasteiger partial charge in [-0.25, -0.2) is 9.97 Å². The maximum atomic E-state index is 10.3. The average Bonchev–Trinajstić information content (AvgIpc) is 2.34. The van der Waals surface area contributed by atoms with Crippen molar-refractivity contribution < 1.29 is 9.90 Å². The normalized spacial score (nSPS) is 10.4. The highest BCUT2D eigenvalue weighted by Gasteiger charge is 2.00. The molecule has 0 radical (unpaired) electrons. The van der Waals surface area contributed by atoms with Gasteiger partial charge in [-0.3, -0.25) is 9.78 Å². The molecule has 0 saturated heterocycles. The minimum absolute atomic E-state index is 0.153. The van der Waals surface area contributed by atoms with Gasteiger partial charge in [-0.15, -0.1) is 0 Å². The first-order valence-electron chi connectivity index (χ1n) is 5.29. The second-order valence-electron chi connectivity index (χ2n) is 3.52. The Bertz CT molecular complexity index is 530. The number of carbonyl (C=O) groups is 1. The molecule has 2 aromatic heterocycles. The van der Waals surface area contributed by atoms with Gasteiger partial charge < -0.3 is 10.4 Å². The Balaban J connectivity index is 1.97. The summed E-state index contributed by atoms with van der Waals surface area (Å²) >= 11 is 0. The first-order valence-corrected chi connectivity index (χ1v) is 5.29. The Hall–Kier alpha value is -2.24. The van der Waals surface area contributed by atoms with Crippen LogP contribution in [0.5, 0.6) is 0 Å². The van der Waals surface area contributed by atoms with Crippen molar-refractivity contribution in [2.45, 2.75) is 12.8 Å².